The zero-order valence-corrected chi connectivity index (χ0v) is 33.1. The lowest BCUT2D eigenvalue weighted by Gasteiger charge is -2.35. The monoisotopic (exact) mass is 740 g/mol. The summed E-state index contributed by atoms with van der Waals surface area (Å²) in [4.78, 5) is 97.1. The van der Waals surface area contributed by atoms with Crippen molar-refractivity contribution in [2.75, 3.05) is 20.2 Å². The molecule has 2 aliphatic heterocycles. The van der Waals surface area contributed by atoms with Gasteiger partial charge in [0.15, 0.2) is 0 Å². The fourth-order valence-corrected chi connectivity index (χ4v) is 6.66. The molecule has 294 valence electrons. The van der Waals surface area contributed by atoms with Crippen molar-refractivity contribution in [1.82, 2.24) is 31.1 Å². The molecule has 0 unspecified atom stereocenters. The fraction of sp³-hybridized carbons (Fsp3) is 0.667. The standard InChI is InChI=1S/C39H60N6O8/c1-24(2)22-26(30(46)42-38(6,7)35(51)41-27(33(49)53-10)23-25-16-12-11-13-17-25)40-34(50)39(8,9)43-31(47)28-18-14-20-44(28)32(48)29-19-15-21-45(29)36(52)37(3,4)5/h11-13,16-17,24,26-29H,14-15,18-23H2,1-10H3,(H,40,50)(H,41,51)(H,42,46)(H,43,47)/t26-,27-,28-,29-/m0/s1. The van der Waals surface area contributed by atoms with Gasteiger partial charge in [-0.2, -0.15) is 0 Å². The van der Waals surface area contributed by atoms with Gasteiger partial charge in [-0.25, -0.2) is 4.79 Å². The van der Waals surface area contributed by atoms with E-state index in [0.29, 0.717) is 38.8 Å². The number of methoxy groups -OCH3 is 1. The fourth-order valence-electron chi connectivity index (χ4n) is 6.66. The second-order valence-corrected chi connectivity index (χ2v) is 16.7. The highest BCUT2D eigenvalue weighted by Crippen LogP contribution is 2.29. The van der Waals surface area contributed by atoms with Gasteiger partial charge in [0.1, 0.15) is 35.2 Å². The Labute approximate surface area is 313 Å². The molecule has 3 rings (SSSR count). The Balaban J connectivity index is 1.68. The van der Waals surface area contributed by atoms with E-state index in [2.05, 4.69) is 21.3 Å². The number of carbonyl (C=O) groups is 7. The van der Waals surface area contributed by atoms with Crippen LogP contribution >= 0.6 is 0 Å². The van der Waals surface area contributed by atoms with Crippen molar-refractivity contribution < 1.29 is 38.3 Å². The highest BCUT2D eigenvalue weighted by atomic mass is 16.5. The van der Waals surface area contributed by atoms with Crippen LogP contribution < -0.4 is 21.3 Å². The highest BCUT2D eigenvalue weighted by molar-refractivity contribution is 5.99. The summed E-state index contributed by atoms with van der Waals surface area (Å²) in [5.74, 6) is -3.42. The normalized spacial score (nSPS) is 18.9. The molecule has 0 spiro atoms. The number of carbonyl (C=O) groups excluding carboxylic acids is 7. The summed E-state index contributed by atoms with van der Waals surface area (Å²) in [5, 5.41) is 11.0. The van der Waals surface area contributed by atoms with E-state index in [1.807, 2.05) is 65.0 Å². The molecule has 2 heterocycles. The second-order valence-electron chi connectivity index (χ2n) is 16.7. The molecule has 0 bridgehead atoms. The van der Waals surface area contributed by atoms with Gasteiger partial charge in [-0.1, -0.05) is 65.0 Å². The highest BCUT2D eigenvalue weighted by Gasteiger charge is 2.45. The summed E-state index contributed by atoms with van der Waals surface area (Å²) in [5.41, 5.74) is -2.82. The number of benzene rings is 1. The van der Waals surface area contributed by atoms with E-state index in [-0.39, 0.29) is 30.6 Å². The molecule has 6 amide bonds. The summed E-state index contributed by atoms with van der Waals surface area (Å²) in [7, 11) is 1.23. The van der Waals surface area contributed by atoms with Crippen molar-refractivity contribution in [2.24, 2.45) is 11.3 Å². The maximum atomic E-state index is 13.8. The smallest absolute Gasteiger partial charge is 0.328 e. The Morgan fingerprint density at radius 3 is 1.83 bits per heavy atom. The Morgan fingerprint density at radius 2 is 1.28 bits per heavy atom. The molecule has 2 aliphatic rings. The first-order valence-corrected chi connectivity index (χ1v) is 18.6. The Morgan fingerprint density at radius 1 is 0.755 bits per heavy atom. The van der Waals surface area contributed by atoms with E-state index < -0.39 is 70.3 Å². The number of nitrogens with one attached hydrogen (secondary N) is 4. The second kappa shape index (κ2) is 17.6. The SMILES string of the molecule is COC(=O)[C@H](Cc1ccccc1)NC(=O)C(C)(C)NC(=O)[C@H](CC(C)C)NC(=O)C(C)(C)NC(=O)[C@@H]1CCCN1C(=O)[C@@H]1CCCN1C(=O)C(C)(C)C. The van der Waals surface area contributed by atoms with Crippen molar-refractivity contribution in [3.8, 4) is 0 Å². The molecule has 2 saturated heterocycles. The molecule has 2 fully saturated rings. The van der Waals surface area contributed by atoms with Crippen molar-refractivity contribution in [1.29, 1.82) is 0 Å². The van der Waals surface area contributed by atoms with Gasteiger partial charge in [0.05, 0.1) is 7.11 Å². The zero-order valence-electron chi connectivity index (χ0n) is 33.1. The van der Waals surface area contributed by atoms with Gasteiger partial charge < -0.3 is 35.8 Å². The van der Waals surface area contributed by atoms with Gasteiger partial charge in [0.25, 0.3) is 0 Å². The van der Waals surface area contributed by atoms with Crippen LogP contribution in [0.1, 0.15) is 100.0 Å². The van der Waals surface area contributed by atoms with E-state index in [9.17, 15) is 33.6 Å². The quantitative estimate of drug-likeness (QED) is 0.210. The van der Waals surface area contributed by atoms with Crippen molar-refractivity contribution in [2.45, 2.75) is 136 Å². The average molecular weight is 741 g/mol. The lowest BCUT2D eigenvalue weighted by Crippen LogP contribution is -2.64. The number of esters is 1. The molecule has 0 aliphatic carbocycles. The summed E-state index contributed by atoms with van der Waals surface area (Å²) < 4.78 is 4.91. The molecule has 4 N–H and O–H groups in total. The number of likely N-dealkylation sites (tertiary alicyclic amines) is 2. The first-order valence-electron chi connectivity index (χ1n) is 18.6. The van der Waals surface area contributed by atoms with Gasteiger partial charge in [-0.05, 0) is 71.3 Å². The minimum absolute atomic E-state index is 0.0337. The van der Waals surface area contributed by atoms with E-state index in [1.54, 1.807) is 4.90 Å². The van der Waals surface area contributed by atoms with Crippen LogP contribution in [0.5, 0.6) is 0 Å². The third-order valence-corrected chi connectivity index (χ3v) is 9.69. The van der Waals surface area contributed by atoms with Crippen molar-refractivity contribution in [3.05, 3.63) is 35.9 Å². The molecule has 0 saturated carbocycles. The predicted octanol–water partition coefficient (Wildman–Crippen LogP) is 2.24. The van der Waals surface area contributed by atoms with Crippen LogP contribution in [-0.2, 0) is 44.7 Å². The molecule has 4 atom stereocenters. The van der Waals surface area contributed by atoms with Crippen molar-refractivity contribution in [3.63, 3.8) is 0 Å². The maximum absolute atomic E-state index is 13.8. The molecular formula is C39H60N6O8. The Bertz CT molecular complexity index is 1520. The Hall–Kier alpha value is -4.49. The van der Waals surface area contributed by atoms with Crippen LogP contribution in [0, 0.1) is 11.3 Å². The molecule has 0 radical (unpaired) electrons. The van der Waals surface area contributed by atoms with E-state index in [1.165, 1.54) is 39.7 Å². The van der Waals surface area contributed by atoms with Crippen LogP contribution in [0.3, 0.4) is 0 Å². The van der Waals surface area contributed by atoms with E-state index in [0.717, 1.165) is 5.56 Å². The van der Waals surface area contributed by atoms with Crippen molar-refractivity contribution >= 4 is 41.4 Å². The van der Waals surface area contributed by atoms with E-state index in [4.69, 9.17) is 4.74 Å². The molecule has 1 aromatic rings. The average Bonchev–Trinajstić information content (AvgIpc) is 3.77. The lowest BCUT2D eigenvalue weighted by molar-refractivity contribution is -0.150. The molecule has 1 aromatic carbocycles. The lowest BCUT2D eigenvalue weighted by atomic mass is 9.94. The van der Waals surface area contributed by atoms with Gasteiger partial charge in [-0.3, -0.25) is 28.8 Å². The number of nitrogens with zero attached hydrogens (tertiary/aromatic N) is 2. The van der Waals surface area contributed by atoms with Crippen LogP contribution in [0.15, 0.2) is 30.3 Å². The molecule has 14 heteroatoms. The third kappa shape index (κ3) is 11.3. The first-order chi connectivity index (χ1) is 24.6. The summed E-state index contributed by atoms with van der Waals surface area (Å²) in [6.07, 6.45) is 2.64. The summed E-state index contributed by atoms with van der Waals surface area (Å²) in [6, 6.07) is 5.60. The largest absolute Gasteiger partial charge is 0.467 e. The van der Waals surface area contributed by atoms with Crippen LogP contribution in [-0.4, -0.2) is 107 Å². The van der Waals surface area contributed by atoms with E-state index >= 15 is 0 Å². The van der Waals surface area contributed by atoms with Crippen LogP contribution in [0.2, 0.25) is 0 Å². The Kier molecular flexibility index (Phi) is 14.2. The van der Waals surface area contributed by atoms with Gasteiger partial charge in [0.2, 0.25) is 35.4 Å². The summed E-state index contributed by atoms with van der Waals surface area (Å²) in [6.45, 7) is 16.1. The minimum Gasteiger partial charge on any atom is -0.467 e. The molecule has 14 nitrogen and oxygen atoms in total. The van der Waals surface area contributed by atoms with Gasteiger partial charge in [-0.15, -0.1) is 0 Å². The third-order valence-electron chi connectivity index (χ3n) is 9.69. The molecule has 0 aromatic heterocycles. The maximum Gasteiger partial charge on any atom is 0.328 e. The zero-order chi connectivity index (χ0) is 39.9. The number of ether oxygens (including phenoxy) is 1. The number of amides is 6. The minimum atomic E-state index is -1.49. The topological polar surface area (TPSA) is 183 Å². The van der Waals surface area contributed by atoms with Crippen LogP contribution in [0.4, 0.5) is 0 Å². The first kappa shape index (κ1) is 42.9. The molecular weight excluding hydrogens is 680 g/mol. The number of rotatable bonds is 14. The van der Waals surface area contributed by atoms with Gasteiger partial charge in [0, 0.05) is 24.9 Å². The predicted molar refractivity (Wildman–Crippen MR) is 199 cm³/mol. The summed E-state index contributed by atoms with van der Waals surface area (Å²) >= 11 is 0. The molecule has 53 heavy (non-hydrogen) atoms. The van der Waals surface area contributed by atoms with Crippen LogP contribution in [0.25, 0.3) is 0 Å². The number of hydrogen-bond donors (Lipinski definition) is 4. The number of hydrogen-bond acceptors (Lipinski definition) is 8. The van der Waals surface area contributed by atoms with Gasteiger partial charge >= 0.3 is 5.97 Å².